The molecule has 0 N–H and O–H groups in total. The molecule has 1 aliphatic heterocycles. The van der Waals surface area contributed by atoms with Crippen LogP contribution in [0.4, 0.5) is 0 Å². The van der Waals surface area contributed by atoms with Crippen LogP contribution >= 0.6 is 0 Å². The Morgan fingerprint density at radius 2 is 1.74 bits per heavy atom. The molecule has 2 amide bonds. The molecule has 2 aliphatic rings. The van der Waals surface area contributed by atoms with Gasteiger partial charge in [-0.1, -0.05) is 31.2 Å². The van der Waals surface area contributed by atoms with Gasteiger partial charge in [-0.2, -0.15) is 0 Å². The Balaban J connectivity index is 1.71. The highest BCUT2D eigenvalue weighted by Gasteiger charge is 2.58. The number of rotatable bonds is 4. The number of carbonyl (C=O) groups excluding carboxylic acids is 3. The minimum absolute atomic E-state index is 0.115. The Morgan fingerprint density at radius 1 is 1.16 bits per heavy atom. The van der Waals surface area contributed by atoms with Gasteiger partial charge in [-0.05, 0) is 18.4 Å². The SMILES string of the molecule is CCc1ccc(C(=O)CN2C(=O)C3CC3C2=O)cc1. The molecule has 4 nitrogen and oxygen atoms in total. The number of aryl methyl sites for hydroxylation is 1. The number of amides is 2. The van der Waals surface area contributed by atoms with Gasteiger partial charge in [0.2, 0.25) is 11.8 Å². The predicted molar refractivity (Wildman–Crippen MR) is 68.5 cm³/mol. The number of benzene rings is 1. The summed E-state index contributed by atoms with van der Waals surface area (Å²) in [5.41, 5.74) is 1.71. The molecular formula is C15H15NO3. The van der Waals surface area contributed by atoms with Crippen molar-refractivity contribution < 1.29 is 14.4 Å². The number of likely N-dealkylation sites (tertiary alicyclic amines) is 1. The minimum Gasteiger partial charge on any atom is -0.292 e. The van der Waals surface area contributed by atoms with Gasteiger partial charge < -0.3 is 0 Å². The van der Waals surface area contributed by atoms with Crippen LogP contribution in [0.1, 0.15) is 29.3 Å². The number of hydrogen-bond donors (Lipinski definition) is 0. The lowest BCUT2D eigenvalue weighted by Crippen LogP contribution is -2.37. The Labute approximate surface area is 111 Å². The summed E-state index contributed by atoms with van der Waals surface area (Å²) in [5.74, 6) is -0.793. The summed E-state index contributed by atoms with van der Waals surface area (Å²) in [5, 5.41) is 0. The second-order valence-electron chi connectivity index (χ2n) is 5.18. The van der Waals surface area contributed by atoms with E-state index in [1.165, 1.54) is 0 Å². The lowest BCUT2D eigenvalue weighted by atomic mass is 10.1. The fourth-order valence-electron chi connectivity index (χ4n) is 2.57. The lowest BCUT2D eigenvalue weighted by Gasteiger charge is -2.15. The van der Waals surface area contributed by atoms with E-state index in [-0.39, 0.29) is 36.0 Å². The monoisotopic (exact) mass is 257 g/mol. The van der Waals surface area contributed by atoms with Crippen molar-refractivity contribution >= 4 is 17.6 Å². The van der Waals surface area contributed by atoms with Crippen LogP contribution in [0.2, 0.25) is 0 Å². The number of fused-ring (bicyclic) bond motifs is 1. The normalized spacial score (nSPS) is 24.6. The third kappa shape index (κ3) is 1.97. The summed E-state index contributed by atoms with van der Waals surface area (Å²) in [4.78, 5) is 36.7. The smallest absolute Gasteiger partial charge is 0.233 e. The maximum Gasteiger partial charge on any atom is 0.233 e. The first-order chi connectivity index (χ1) is 9.11. The van der Waals surface area contributed by atoms with Crippen LogP contribution < -0.4 is 0 Å². The summed E-state index contributed by atoms with van der Waals surface area (Å²) < 4.78 is 0. The zero-order chi connectivity index (χ0) is 13.6. The molecule has 2 unspecified atom stereocenters. The Hall–Kier alpha value is -1.97. The second-order valence-corrected chi connectivity index (χ2v) is 5.18. The molecule has 0 aromatic heterocycles. The molecule has 19 heavy (non-hydrogen) atoms. The van der Waals surface area contributed by atoms with Gasteiger partial charge in [0.05, 0.1) is 18.4 Å². The van der Waals surface area contributed by atoms with Gasteiger partial charge in [0.1, 0.15) is 0 Å². The van der Waals surface area contributed by atoms with Gasteiger partial charge in [0.25, 0.3) is 0 Å². The van der Waals surface area contributed by atoms with E-state index in [0.29, 0.717) is 12.0 Å². The van der Waals surface area contributed by atoms with Crippen LogP contribution in [0.3, 0.4) is 0 Å². The van der Waals surface area contributed by atoms with Crippen molar-refractivity contribution in [3.05, 3.63) is 35.4 Å². The summed E-state index contributed by atoms with van der Waals surface area (Å²) in [7, 11) is 0. The maximum atomic E-state index is 12.1. The second kappa shape index (κ2) is 4.30. The van der Waals surface area contributed by atoms with Crippen LogP contribution in [-0.2, 0) is 16.0 Å². The van der Waals surface area contributed by atoms with Gasteiger partial charge in [0, 0.05) is 5.56 Å². The lowest BCUT2D eigenvalue weighted by molar-refractivity contribution is -0.140. The number of nitrogens with zero attached hydrogens (tertiary/aromatic N) is 1. The molecule has 1 aliphatic carbocycles. The quantitative estimate of drug-likeness (QED) is 0.605. The van der Waals surface area contributed by atoms with E-state index in [4.69, 9.17) is 0 Å². The summed E-state index contributed by atoms with van der Waals surface area (Å²) >= 11 is 0. The van der Waals surface area contributed by atoms with E-state index in [1.54, 1.807) is 12.1 Å². The molecule has 1 saturated heterocycles. The van der Waals surface area contributed by atoms with Crippen molar-refractivity contribution in [3.8, 4) is 0 Å². The first kappa shape index (κ1) is 12.1. The van der Waals surface area contributed by atoms with Gasteiger partial charge in [0.15, 0.2) is 5.78 Å². The Kier molecular flexibility index (Phi) is 2.73. The molecule has 2 atom stereocenters. The van der Waals surface area contributed by atoms with Crippen molar-refractivity contribution in [3.63, 3.8) is 0 Å². The highest BCUT2D eigenvalue weighted by Crippen LogP contribution is 2.46. The van der Waals surface area contributed by atoms with Crippen LogP contribution in [0.25, 0.3) is 0 Å². The number of piperidine rings is 1. The molecule has 1 aromatic carbocycles. The maximum absolute atomic E-state index is 12.1. The average molecular weight is 257 g/mol. The summed E-state index contributed by atoms with van der Waals surface area (Å²) in [6.45, 7) is 1.93. The highest BCUT2D eigenvalue weighted by atomic mass is 16.2. The Bertz CT molecular complexity index is 541. The fourth-order valence-corrected chi connectivity index (χ4v) is 2.57. The molecule has 4 heteroatoms. The van der Waals surface area contributed by atoms with E-state index in [2.05, 4.69) is 0 Å². The molecule has 0 radical (unpaired) electrons. The molecule has 98 valence electrons. The van der Waals surface area contributed by atoms with E-state index in [1.807, 2.05) is 19.1 Å². The van der Waals surface area contributed by atoms with Crippen LogP contribution in [0.15, 0.2) is 24.3 Å². The largest absolute Gasteiger partial charge is 0.292 e. The first-order valence-corrected chi connectivity index (χ1v) is 6.59. The van der Waals surface area contributed by atoms with Crippen molar-refractivity contribution in [1.82, 2.24) is 4.90 Å². The predicted octanol–water partition coefficient (Wildman–Crippen LogP) is 1.44. The molecule has 3 rings (SSSR count). The standard InChI is InChI=1S/C15H15NO3/c1-2-9-3-5-10(6-4-9)13(17)8-16-14(18)11-7-12(11)15(16)19/h3-6,11-12H,2,7-8H2,1H3. The summed E-state index contributed by atoms with van der Waals surface area (Å²) in [6, 6.07) is 7.32. The fraction of sp³-hybridized carbons (Fsp3) is 0.400. The molecular weight excluding hydrogens is 242 g/mol. The molecule has 1 aromatic rings. The molecule has 0 spiro atoms. The zero-order valence-corrected chi connectivity index (χ0v) is 10.8. The van der Waals surface area contributed by atoms with Crippen molar-refractivity contribution in [2.45, 2.75) is 19.8 Å². The average Bonchev–Trinajstić information content (AvgIpc) is 3.19. The molecule has 2 fully saturated rings. The van der Waals surface area contributed by atoms with Crippen molar-refractivity contribution in [2.75, 3.05) is 6.54 Å². The highest BCUT2D eigenvalue weighted by molar-refractivity contribution is 6.12. The number of Topliss-reactive ketones (excluding diaryl/α,β-unsaturated/α-hetero) is 1. The minimum atomic E-state index is -0.175. The summed E-state index contributed by atoms with van der Waals surface area (Å²) in [6.07, 6.45) is 1.59. The molecule has 0 bridgehead atoms. The van der Waals surface area contributed by atoms with Gasteiger partial charge >= 0.3 is 0 Å². The van der Waals surface area contributed by atoms with Gasteiger partial charge in [-0.3, -0.25) is 19.3 Å². The number of carbonyl (C=O) groups is 3. The van der Waals surface area contributed by atoms with Gasteiger partial charge in [-0.15, -0.1) is 0 Å². The third-order valence-corrected chi connectivity index (χ3v) is 3.94. The molecule has 1 saturated carbocycles. The topological polar surface area (TPSA) is 54.5 Å². The number of hydrogen-bond acceptors (Lipinski definition) is 3. The van der Waals surface area contributed by atoms with Crippen molar-refractivity contribution in [1.29, 1.82) is 0 Å². The number of imide groups is 1. The zero-order valence-electron chi connectivity index (χ0n) is 10.8. The Morgan fingerprint density at radius 3 is 2.26 bits per heavy atom. The molecule has 1 heterocycles. The van der Waals surface area contributed by atoms with E-state index < -0.39 is 0 Å². The van der Waals surface area contributed by atoms with Gasteiger partial charge in [-0.25, -0.2) is 0 Å². The van der Waals surface area contributed by atoms with Crippen LogP contribution in [0, 0.1) is 11.8 Å². The van der Waals surface area contributed by atoms with E-state index >= 15 is 0 Å². The van der Waals surface area contributed by atoms with Crippen LogP contribution in [0.5, 0.6) is 0 Å². The van der Waals surface area contributed by atoms with E-state index in [0.717, 1.165) is 16.9 Å². The van der Waals surface area contributed by atoms with E-state index in [9.17, 15) is 14.4 Å². The third-order valence-electron chi connectivity index (χ3n) is 3.94. The van der Waals surface area contributed by atoms with Crippen molar-refractivity contribution in [2.24, 2.45) is 11.8 Å². The number of ketones is 1. The first-order valence-electron chi connectivity index (χ1n) is 6.59. The van der Waals surface area contributed by atoms with Crippen LogP contribution in [-0.4, -0.2) is 29.0 Å².